The maximum absolute atomic E-state index is 12.4. The summed E-state index contributed by atoms with van der Waals surface area (Å²) in [4.78, 5) is 26.0. The zero-order valence-electron chi connectivity index (χ0n) is 13.7. The number of halogens is 1. The molecule has 3 N–H and O–H groups in total. The van der Waals surface area contributed by atoms with Crippen LogP contribution in [-0.4, -0.2) is 35.8 Å². The normalized spacial score (nSPS) is 16.6. The van der Waals surface area contributed by atoms with Crippen LogP contribution < -0.4 is 11.1 Å². The quantitative estimate of drug-likeness (QED) is 0.879. The number of nitrogens with two attached hydrogens (primary N) is 1. The summed E-state index contributed by atoms with van der Waals surface area (Å²) >= 11 is 0. The van der Waals surface area contributed by atoms with Gasteiger partial charge in [-0.2, -0.15) is 0 Å². The van der Waals surface area contributed by atoms with E-state index in [-0.39, 0.29) is 36.2 Å². The van der Waals surface area contributed by atoms with E-state index in [1.165, 1.54) is 0 Å². The predicted octanol–water partition coefficient (Wildman–Crippen LogP) is 1.87. The van der Waals surface area contributed by atoms with Gasteiger partial charge in [0.15, 0.2) is 0 Å². The Hall–Kier alpha value is -1.59. The molecule has 23 heavy (non-hydrogen) atoms. The van der Waals surface area contributed by atoms with Crippen molar-refractivity contribution in [1.82, 2.24) is 10.2 Å². The molecule has 0 bridgehead atoms. The molecule has 2 amide bonds. The van der Waals surface area contributed by atoms with Gasteiger partial charge in [-0.1, -0.05) is 44.2 Å². The molecule has 1 aromatic carbocycles. The van der Waals surface area contributed by atoms with E-state index in [4.69, 9.17) is 5.73 Å². The summed E-state index contributed by atoms with van der Waals surface area (Å²) in [6, 6.07) is 8.97. The second-order valence-corrected chi connectivity index (χ2v) is 6.15. The number of carbonyl (C=O) groups excluding carboxylic acids is 2. The van der Waals surface area contributed by atoms with Gasteiger partial charge < -0.3 is 16.0 Å². The largest absolute Gasteiger partial charge is 0.353 e. The van der Waals surface area contributed by atoms with Crippen molar-refractivity contribution in [2.75, 3.05) is 13.1 Å². The van der Waals surface area contributed by atoms with Crippen molar-refractivity contribution in [2.24, 2.45) is 11.7 Å². The highest BCUT2D eigenvalue weighted by molar-refractivity contribution is 5.85. The van der Waals surface area contributed by atoms with E-state index in [2.05, 4.69) is 5.32 Å². The summed E-state index contributed by atoms with van der Waals surface area (Å²) in [6.07, 6.45) is 1.57. The second-order valence-electron chi connectivity index (χ2n) is 6.15. The molecular weight excluding hydrogens is 314 g/mol. The Bertz CT molecular complexity index is 514. The molecule has 1 unspecified atom stereocenters. The molecule has 1 heterocycles. The van der Waals surface area contributed by atoms with E-state index in [9.17, 15) is 9.59 Å². The first kappa shape index (κ1) is 19.5. The molecule has 1 fully saturated rings. The molecule has 0 spiro atoms. The summed E-state index contributed by atoms with van der Waals surface area (Å²) in [5, 5.41) is 3.03. The Kier molecular flexibility index (Phi) is 7.52. The fourth-order valence-electron chi connectivity index (χ4n) is 2.61. The Labute approximate surface area is 144 Å². The van der Waals surface area contributed by atoms with E-state index in [0.29, 0.717) is 13.1 Å². The molecule has 5 nitrogen and oxygen atoms in total. The van der Waals surface area contributed by atoms with Crippen molar-refractivity contribution in [3.63, 3.8) is 0 Å². The molecule has 128 valence electrons. The highest BCUT2D eigenvalue weighted by Gasteiger charge is 2.27. The van der Waals surface area contributed by atoms with Gasteiger partial charge in [0.1, 0.15) is 6.04 Å². The van der Waals surface area contributed by atoms with Crippen molar-refractivity contribution < 1.29 is 9.59 Å². The maximum Gasteiger partial charge on any atom is 0.244 e. The number of benzene rings is 1. The van der Waals surface area contributed by atoms with Gasteiger partial charge in [0, 0.05) is 25.0 Å². The van der Waals surface area contributed by atoms with Crippen molar-refractivity contribution in [1.29, 1.82) is 0 Å². The van der Waals surface area contributed by atoms with Crippen LogP contribution in [-0.2, 0) is 9.59 Å². The van der Waals surface area contributed by atoms with Gasteiger partial charge in [0.05, 0.1) is 0 Å². The molecule has 1 aliphatic rings. The van der Waals surface area contributed by atoms with Crippen molar-refractivity contribution >= 4 is 24.2 Å². The van der Waals surface area contributed by atoms with Crippen LogP contribution in [0.15, 0.2) is 30.3 Å². The van der Waals surface area contributed by atoms with Crippen molar-refractivity contribution in [2.45, 2.75) is 38.8 Å². The van der Waals surface area contributed by atoms with E-state index < -0.39 is 6.04 Å². The number of likely N-dealkylation sites (tertiary alicyclic amines) is 1. The van der Waals surface area contributed by atoms with E-state index in [1.807, 2.05) is 44.2 Å². The predicted molar refractivity (Wildman–Crippen MR) is 93.2 cm³/mol. The lowest BCUT2D eigenvalue weighted by Gasteiger charge is -2.34. The first-order chi connectivity index (χ1) is 10.5. The highest BCUT2D eigenvalue weighted by Crippen LogP contribution is 2.17. The summed E-state index contributed by atoms with van der Waals surface area (Å²) in [5.41, 5.74) is 6.90. The summed E-state index contributed by atoms with van der Waals surface area (Å²) in [5.74, 6) is 0.0248. The summed E-state index contributed by atoms with van der Waals surface area (Å²) in [7, 11) is 0. The van der Waals surface area contributed by atoms with Gasteiger partial charge in [-0.05, 0) is 18.4 Å². The zero-order chi connectivity index (χ0) is 16.1. The minimum absolute atomic E-state index is 0. The molecule has 2 rings (SSSR count). The molecular formula is C17H26ClN3O2. The lowest BCUT2D eigenvalue weighted by Crippen LogP contribution is -2.49. The Morgan fingerprint density at radius 3 is 2.26 bits per heavy atom. The highest BCUT2D eigenvalue weighted by atomic mass is 35.5. The Morgan fingerprint density at radius 1 is 1.17 bits per heavy atom. The van der Waals surface area contributed by atoms with Crippen LogP contribution in [0.2, 0.25) is 0 Å². The van der Waals surface area contributed by atoms with E-state index >= 15 is 0 Å². The monoisotopic (exact) mass is 339 g/mol. The molecule has 0 aromatic heterocycles. The molecule has 0 radical (unpaired) electrons. The Balaban J connectivity index is 0.00000264. The third-order valence-electron chi connectivity index (χ3n) is 4.10. The van der Waals surface area contributed by atoms with Crippen molar-refractivity contribution in [3.8, 4) is 0 Å². The van der Waals surface area contributed by atoms with Gasteiger partial charge in [0.25, 0.3) is 0 Å². The molecule has 0 aliphatic carbocycles. The fourth-order valence-corrected chi connectivity index (χ4v) is 2.61. The van der Waals surface area contributed by atoms with Gasteiger partial charge in [-0.25, -0.2) is 0 Å². The first-order valence-electron chi connectivity index (χ1n) is 7.88. The number of nitrogens with one attached hydrogen (secondary N) is 1. The first-order valence-corrected chi connectivity index (χ1v) is 7.88. The fraction of sp³-hybridized carbons (Fsp3) is 0.529. The second kappa shape index (κ2) is 8.89. The number of hydrogen-bond acceptors (Lipinski definition) is 3. The van der Waals surface area contributed by atoms with Crippen LogP contribution in [0.25, 0.3) is 0 Å². The Morgan fingerprint density at radius 2 is 1.74 bits per heavy atom. The van der Waals surface area contributed by atoms with Gasteiger partial charge >= 0.3 is 0 Å². The molecule has 1 aromatic rings. The van der Waals surface area contributed by atoms with Crippen LogP contribution in [0, 0.1) is 5.92 Å². The zero-order valence-corrected chi connectivity index (χ0v) is 14.5. The van der Waals surface area contributed by atoms with Crippen LogP contribution in [0.4, 0.5) is 0 Å². The summed E-state index contributed by atoms with van der Waals surface area (Å²) < 4.78 is 0. The molecule has 1 atom stereocenters. The van der Waals surface area contributed by atoms with E-state index in [1.54, 1.807) is 4.90 Å². The van der Waals surface area contributed by atoms with Gasteiger partial charge in [-0.3, -0.25) is 9.59 Å². The topological polar surface area (TPSA) is 75.4 Å². The number of hydrogen-bond donors (Lipinski definition) is 2. The smallest absolute Gasteiger partial charge is 0.244 e. The third-order valence-corrected chi connectivity index (χ3v) is 4.10. The van der Waals surface area contributed by atoms with Crippen LogP contribution in [0.1, 0.15) is 38.3 Å². The number of nitrogens with zero attached hydrogens (tertiary/aromatic N) is 1. The minimum atomic E-state index is -0.608. The van der Waals surface area contributed by atoms with Crippen LogP contribution in [0.3, 0.4) is 0 Å². The average Bonchev–Trinajstić information content (AvgIpc) is 2.55. The summed E-state index contributed by atoms with van der Waals surface area (Å²) in [6.45, 7) is 5.05. The van der Waals surface area contributed by atoms with E-state index in [0.717, 1.165) is 18.4 Å². The molecule has 1 aliphatic heterocycles. The van der Waals surface area contributed by atoms with Gasteiger partial charge in [0.2, 0.25) is 11.8 Å². The molecule has 0 saturated carbocycles. The van der Waals surface area contributed by atoms with Crippen LogP contribution in [0.5, 0.6) is 0 Å². The van der Waals surface area contributed by atoms with Crippen molar-refractivity contribution in [3.05, 3.63) is 35.9 Å². The lowest BCUT2D eigenvalue weighted by atomic mass is 10.0. The SMILES string of the molecule is CC(C)C(=O)NC1CCN(C(=O)C(N)c2ccccc2)CC1.Cl. The maximum atomic E-state index is 12.4. The number of amides is 2. The molecule has 1 saturated heterocycles. The standard InChI is InChI=1S/C17H25N3O2.ClH/c1-12(2)16(21)19-14-8-10-20(11-9-14)17(22)15(18)13-6-4-3-5-7-13;/h3-7,12,14-15H,8-11,18H2,1-2H3,(H,19,21);1H. The number of piperidine rings is 1. The minimum Gasteiger partial charge on any atom is -0.353 e. The lowest BCUT2D eigenvalue weighted by molar-refractivity contribution is -0.134. The number of rotatable bonds is 4. The third kappa shape index (κ3) is 5.22. The number of carbonyl (C=O) groups is 2. The average molecular weight is 340 g/mol. The van der Waals surface area contributed by atoms with Gasteiger partial charge in [-0.15, -0.1) is 12.4 Å². The molecule has 6 heteroatoms. The van der Waals surface area contributed by atoms with Crippen LogP contribution >= 0.6 is 12.4 Å².